The van der Waals surface area contributed by atoms with Crippen molar-refractivity contribution < 1.29 is 14.6 Å². The molecule has 0 aliphatic heterocycles. The van der Waals surface area contributed by atoms with Gasteiger partial charge in [-0.05, 0) is 25.1 Å². The molecule has 17 heavy (non-hydrogen) atoms. The molecule has 0 amide bonds. The largest absolute Gasteiger partial charge is 0.414 e. The Morgan fingerprint density at radius 2 is 1.71 bits per heavy atom. The number of aliphatic hydroxyl groups excluding tert-OH is 1. The molecule has 3 N–H and O–H groups in total. The molecule has 0 rings (SSSR count). The fraction of sp³-hybridized carbons (Fsp3) is 1.00. The van der Waals surface area contributed by atoms with Crippen LogP contribution < -0.4 is 5.32 Å². The van der Waals surface area contributed by atoms with Gasteiger partial charge in [0.2, 0.25) is 0 Å². The van der Waals surface area contributed by atoms with Gasteiger partial charge in [0.15, 0.2) is 8.32 Å². The van der Waals surface area contributed by atoms with Gasteiger partial charge in [0.25, 0.3) is 0 Å². The van der Waals surface area contributed by atoms with E-state index >= 15 is 0 Å². The van der Waals surface area contributed by atoms with Crippen molar-refractivity contribution in [2.75, 3.05) is 26.3 Å². The van der Waals surface area contributed by atoms with Crippen LogP contribution in [0.1, 0.15) is 27.7 Å². The Kier molecular flexibility index (Phi) is 6.31. The van der Waals surface area contributed by atoms with Gasteiger partial charge in [-0.1, -0.05) is 20.8 Å². The van der Waals surface area contributed by atoms with Crippen LogP contribution in [0.2, 0.25) is 18.1 Å². The van der Waals surface area contributed by atoms with Gasteiger partial charge >= 0.3 is 0 Å². The molecule has 0 aliphatic carbocycles. The van der Waals surface area contributed by atoms with Crippen molar-refractivity contribution >= 4 is 8.32 Å². The third-order valence-electron chi connectivity index (χ3n) is 3.34. The minimum Gasteiger partial charge on any atom is -0.414 e. The standard InChI is InChI=1S/C12H29NO3Si/c1-11(2,3)17(5,6)16-10-12(4,15)9-13-7-8-14/h13-15H,7-10H2,1-6H3/t12-/m0/s1. The molecule has 0 saturated heterocycles. The molecule has 0 aromatic heterocycles. The molecule has 0 aromatic rings. The molecule has 0 fully saturated rings. The normalized spacial score (nSPS) is 16.9. The van der Waals surface area contributed by atoms with Crippen LogP contribution >= 0.6 is 0 Å². The van der Waals surface area contributed by atoms with Crippen molar-refractivity contribution in [3.8, 4) is 0 Å². The lowest BCUT2D eigenvalue weighted by molar-refractivity contribution is 0.00695. The van der Waals surface area contributed by atoms with Gasteiger partial charge in [-0.2, -0.15) is 0 Å². The second-order valence-electron chi connectivity index (χ2n) is 6.45. The molecular formula is C12H29NO3Si. The zero-order valence-electron chi connectivity index (χ0n) is 12.1. The Balaban J connectivity index is 4.17. The van der Waals surface area contributed by atoms with E-state index in [1.54, 1.807) is 6.92 Å². The van der Waals surface area contributed by atoms with E-state index in [0.717, 1.165) is 0 Å². The van der Waals surface area contributed by atoms with Gasteiger partial charge < -0.3 is 20.0 Å². The fourth-order valence-corrected chi connectivity index (χ4v) is 2.14. The summed E-state index contributed by atoms with van der Waals surface area (Å²) in [6, 6.07) is 0. The van der Waals surface area contributed by atoms with Gasteiger partial charge in [0, 0.05) is 13.1 Å². The summed E-state index contributed by atoms with van der Waals surface area (Å²) in [4.78, 5) is 0. The molecular weight excluding hydrogens is 234 g/mol. The molecule has 0 radical (unpaired) electrons. The van der Waals surface area contributed by atoms with Gasteiger partial charge in [0.1, 0.15) is 0 Å². The molecule has 0 aliphatic rings. The maximum absolute atomic E-state index is 10.1. The zero-order valence-corrected chi connectivity index (χ0v) is 13.1. The van der Waals surface area contributed by atoms with Crippen LogP contribution in [0.5, 0.6) is 0 Å². The first-order valence-corrected chi connectivity index (χ1v) is 9.11. The van der Waals surface area contributed by atoms with E-state index in [4.69, 9.17) is 9.53 Å². The van der Waals surface area contributed by atoms with Crippen LogP contribution in [-0.2, 0) is 4.43 Å². The van der Waals surface area contributed by atoms with E-state index in [1.807, 2.05) is 0 Å². The minimum atomic E-state index is -1.80. The van der Waals surface area contributed by atoms with Gasteiger partial charge in [0.05, 0.1) is 18.8 Å². The highest BCUT2D eigenvalue weighted by Gasteiger charge is 2.38. The van der Waals surface area contributed by atoms with Crippen molar-refractivity contribution in [2.24, 2.45) is 0 Å². The van der Waals surface area contributed by atoms with Crippen LogP contribution in [0.15, 0.2) is 0 Å². The summed E-state index contributed by atoms with van der Waals surface area (Å²) in [6.45, 7) is 14.0. The summed E-state index contributed by atoms with van der Waals surface area (Å²) in [5, 5.41) is 21.9. The highest BCUT2D eigenvalue weighted by atomic mass is 28.4. The molecule has 0 unspecified atom stereocenters. The predicted octanol–water partition coefficient (Wildman–Crippen LogP) is 1.34. The molecule has 0 spiro atoms. The summed E-state index contributed by atoms with van der Waals surface area (Å²) in [5.74, 6) is 0. The lowest BCUT2D eigenvalue weighted by atomic mass is 10.1. The SMILES string of the molecule is CC(C)(C)[Si](C)(C)OC[C@@](C)(O)CNCCO. The topological polar surface area (TPSA) is 61.7 Å². The molecule has 104 valence electrons. The highest BCUT2D eigenvalue weighted by molar-refractivity contribution is 6.74. The molecule has 5 heteroatoms. The maximum Gasteiger partial charge on any atom is 0.192 e. The molecule has 1 atom stereocenters. The molecule has 0 aromatic carbocycles. The first-order chi connectivity index (χ1) is 7.52. The third-order valence-corrected chi connectivity index (χ3v) is 7.82. The summed E-state index contributed by atoms with van der Waals surface area (Å²) in [7, 11) is -1.80. The van der Waals surface area contributed by atoms with Crippen LogP contribution in [-0.4, -0.2) is 50.4 Å². The molecule has 0 saturated carbocycles. The fourth-order valence-electron chi connectivity index (χ4n) is 1.04. The average molecular weight is 263 g/mol. The highest BCUT2D eigenvalue weighted by Crippen LogP contribution is 2.36. The lowest BCUT2D eigenvalue weighted by Crippen LogP contribution is -2.49. The second-order valence-corrected chi connectivity index (χ2v) is 11.3. The Morgan fingerprint density at radius 3 is 2.12 bits per heavy atom. The Hall–Kier alpha value is 0.0569. The van der Waals surface area contributed by atoms with Crippen LogP contribution in [0.25, 0.3) is 0 Å². The number of nitrogens with one attached hydrogen (secondary N) is 1. The first kappa shape index (κ1) is 17.1. The van der Waals surface area contributed by atoms with Crippen LogP contribution in [0.3, 0.4) is 0 Å². The van der Waals surface area contributed by atoms with Gasteiger partial charge in [-0.25, -0.2) is 0 Å². The quantitative estimate of drug-likeness (QED) is 0.479. The van der Waals surface area contributed by atoms with E-state index < -0.39 is 13.9 Å². The Bertz CT molecular complexity index is 224. The summed E-state index contributed by atoms with van der Waals surface area (Å²) < 4.78 is 5.98. The van der Waals surface area contributed by atoms with E-state index in [1.165, 1.54) is 0 Å². The van der Waals surface area contributed by atoms with E-state index in [0.29, 0.717) is 19.7 Å². The van der Waals surface area contributed by atoms with Gasteiger partial charge in [-0.15, -0.1) is 0 Å². The maximum atomic E-state index is 10.1. The number of hydrogen-bond acceptors (Lipinski definition) is 4. The van der Waals surface area contributed by atoms with E-state index in [9.17, 15) is 5.11 Å². The molecule has 0 heterocycles. The zero-order chi connectivity index (χ0) is 13.7. The Labute approximate surface area is 107 Å². The van der Waals surface area contributed by atoms with Crippen molar-refractivity contribution in [2.45, 2.75) is 51.4 Å². The molecule has 4 nitrogen and oxygen atoms in total. The number of hydrogen-bond donors (Lipinski definition) is 3. The Morgan fingerprint density at radius 1 is 1.18 bits per heavy atom. The smallest absolute Gasteiger partial charge is 0.192 e. The van der Waals surface area contributed by atoms with Crippen LogP contribution in [0.4, 0.5) is 0 Å². The predicted molar refractivity (Wildman–Crippen MR) is 73.7 cm³/mol. The summed E-state index contributed by atoms with van der Waals surface area (Å²) in [6.07, 6.45) is 0. The van der Waals surface area contributed by atoms with Crippen molar-refractivity contribution in [1.82, 2.24) is 5.32 Å². The summed E-state index contributed by atoms with van der Waals surface area (Å²) in [5.41, 5.74) is -0.884. The third kappa shape index (κ3) is 6.52. The number of aliphatic hydroxyl groups is 2. The minimum absolute atomic E-state index is 0.0825. The van der Waals surface area contributed by atoms with Crippen molar-refractivity contribution in [3.63, 3.8) is 0 Å². The molecule has 0 bridgehead atoms. The van der Waals surface area contributed by atoms with E-state index in [2.05, 4.69) is 39.2 Å². The van der Waals surface area contributed by atoms with E-state index in [-0.39, 0.29) is 11.6 Å². The van der Waals surface area contributed by atoms with Gasteiger partial charge in [-0.3, -0.25) is 0 Å². The lowest BCUT2D eigenvalue weighted by Gasteiger charge is -2.38. The van der Waals surface area contributed by atoms with Crippen LogP contribution in [0, 0.1) is 0 Å². The van der Waals surface area contributed by atoms with Crippen molar-refractivity contribution in [1.29, 1.82) is 0 Å². The summed E-state index contributed by atoms with van der Waals surface area (Å²) >= 11 is 0. The van der Waals surface area contributed by atoms with Crippen molar-refractivity contribution in [3.05, 3.63) is 0 Å². The monoisotopic (exact) mass is 263 g/mol. The number of rotatable bonds is 7. The average Bonchev–Trinajstić information content (AvgIpc) is 2.14. The second kappa shape index (κ2) is 6.29. The first-order valence-electron chi connectivity index (χ1n) is 6.20.